The zero-order valence-electron chi connectivity index (χ0n) is 11.7. The van der Waals surface area contributed by atoms with E-state index in [1.165, 1.54) is 5.56 Å². The van der Waals surface area contributed by atoms with Gasteiger partial charge in [-0.15, -0.1) is 0 Å². The smallest absolute Gasteiger partial charge is 0.224 e. The average Bonchev–Trinajstić information content (AvgIpc) is 2.26. The van der Waals surface area contributed by atoms with Crippen LogP contribution in [-0.2, 0) is 5.41 Å². The van der Waals surface area contributed by atoms with E-state index in [0.29, 0.717) is 5.82 Å². The van der Waals surface area contributed by atoms with Gasteiger partial charge < -0.3 is 5.32 Å². The number of aromatic nitrogens is 2. The van der Waals surface area contributed by atoms with Crippen LogP contribution in [0.1, 0.15) is 32.0 Å². The summed E-state index contributed by atoms with van der Waals surface area (Å²) in [6.07, 6.45) is 0. The third-order valence-corrected chi connectivity index (χ3v) is 3.02. The molecule has 2 aromatic rings. The second kappa shape index (κ2) is 5.17. The minimum absolute atomic E-state index is 0.160. The van der Waals surface area contributed by atoms with Crippen LogP contribution in [0.4, 0.5) is 11.5 Å². The fourth-order valence-electron chi connectivity index (χ4n) is 1.80. The van der Waals surface area contributed by atoms with Crippen LogP contribution in [0.5, 0.6) is 0 Å². The Morgan fingerprint density at radius 1 is 1.05 bits per heavy atom. The number of anilines is 2. The number of benzene rings is 1. The number of hydrogen-bond donors (Lipinski definition) is 1. The predicted molar refractivity (Wildman–Crippen MR) is 80.2 cm³/mol. The topological polar surface area (TPSA) is 37.8 Å². The van der Waals surface area contributed by atoms with Gasteiger partial charge >= 0.3 is 0 Å². The van der Waals surface area contributed by atoms with E-state index in [9.17, 15) is 0 Å². The van der Waals surface area contributed by atoms with Gasteiger partial charge in [0, 0.05) is 17.4 Å². The minimum Gasteiger partial charge on any atom is -0.340 e. The Bertz CT molecular complexity index is 551. The van der Waals surface area contributed by atoms with Gasteiger partial charge in [-0.25, -0.2) is 9.97 Å². The summed E-state index contributed by atoms with van der Waals surface area (Å²) >= 11 is 5.84. The molecular formula is C15H18ClN3. The van der Waals surface area contributed by atoms with Crippen molar-refractivity contribution in [2.24, 2.45) is 0 Å². The molecule has 0 fully saturated rings. The molecule has 0 aliphatic rings. The van der Waals surface area contributed by atoms with E-state index in [0.717, 1.165) is 11.4 Å². The third-order valence-electron chi connectivity index (χ3n) is 2.85. The molecule has 0 aliphatic carbocycles. The maximum atomic E-state index is 5.84. The molecule has 0 unspecified atom stereocenters. The summed E-state index contributed by atoms with van der Waals surface area (Å²) < 4.78 is 0. The van der Waals surface area contributed by atoms with Gasteiger partial charge in [0.05, 0.1) is 0 Å². The van der Waals surface area contributed by atoms with Crippen molar-refractivity contribution in [1.29, 1.82) is 0 Å². The molecule has 3 nitrogen and oxygen atoms in total. The molecule has 0 saturated carbocycles. The van der Waals surface area contributed by atoms with Gasteiger partial charge in [0.1, 0.15) is 5.82 Å². The van der Waals surface area contributed by atoms with Crippen molar-refractivity contribution in [2.45, 2.75) is 33.1 Å². The second-order valence-corrected chi connectivity index (χ2v) is 5.95. The Balaban J connectivity index is 2.20. The zero-order chi connectivity index (χ0) is 14.0. The molecule has 2 rings (SSSR count). The van der Waals surface area contributed by atoms with Gasteiger partial charge in [0.25, 0.3) is 0 Å². The molecule has 4 heteroatoms. The molecule has 0 amide bonds. The van der Waals surface area contributed by atoms with Crippen LogP contribution in [0.25, 0.3) is 0 Å². The molecule has 1 heterocycles. The monoisotopic (exact) mass is 275 g/mol. The second-order valence-electron chi connectivity index (χ2n) is 5.62. The Morgan fingerprint density at radius 2 is 1.68 bits per heavy atom. The molecule has 0 aliphatic heterocycles. The van der Waals surface area contributed by atoms with E-state index in [4.69, 9.17) is 11.6 Å². The summed E-state index contributed by atoms with van der Waals surface area (Å²) in [5.74, 6) is 0.709. The van der Waals surface area contributed by atoms with Gasteiger partial charge in [-0.05, 0) is 41.6 Å². The normalized spacial score (nSPS) is 11.4. The minimum atomic E-state index is 0.160. The highest BCUT2D eigenvalue weighted by Gasteiger charge is 2.12. The Morgan fingerprint density at radius 3 is 2.21 bits per heavy atom. The summed E-state index contributed by atoms with van der Waals surface area (Å²) in [7, 11) is 0. The van der Waals surface area contributed by atoms with Crippen molar-refractivity contribution < 1.29 is 0 Å². The maximum Gasteiger partial charge on any atom is 0.224 e. The van der Waals surface area contributed by atoms with Crippen molar-refractivity contribution in [3.8, 4) is 0 Å². The van der Waals surface area contributed by atoms with Crippen LogP contribution < -0.4 is 5.32 Å². The largest absolute Gasteiger partial charge is 0.340 e. The molecule has 1 aromatic heterocycles. The SMILES string of the molecule is Cc1cc(Nc2ccc(C(C)(C)C)cc2)nc(Cl)n1. The predicted octanol–water partition coefficient (Wildman–Crippen LogP) is 4.48. The molecule has 1 aromatic carbocycles. The van der Waals surface area contributed by atoms with E-state index in [1.54, 1.807) is 0 Å². The van der Waals surface area contributed by atoms with Crippen LogP contribution in [0.15, 0.2) is 30.3 Å². The van der Waals surface area contributed by atoms with Crippen molar-refractivity contribution in [1.82, 2.24) is 9.97 Å². The zero-order valence-corrected chi connectivity index (χ0v) is 12.4. The van der Waals surface area contributed by atoms with E-state index < -0.39 is 0 Å². The van der Waals surface area contributed by atoms with Gasteiger partial charge in [-0.2, -0.15) is 0 Å². The lowest BCUT2D eigenvalue weighted by atomic mass is 9.87. The standard InChI is InChI=1S/C15H18ClN3/c1-10-9-13(19-14(16)17-10)18-12-7-5-11(6-8-12)15(2,3)4/h5-9H,1-4H3,(H,17,18,19). The van der Waals surface area contributed by atoms with Gasteiger partial charge in [-0.3, -0.25) is 0 Å². The van der Waals surface area contributed by atoms with Gasteiger partial charge in [-0.1, -0.05) is 32.9 Å². The number of halogens is 1. The van der Waals surface area contributed by atoms with Crippen LogP contribution in [-0.4, -0.2) is 9.97 Å². The first-order valence-electron chi connectivity index (χ1n) is 6.23. The number of nitrogens with zero attached hydrogens (tertiary/aromatic N) is 2. The Hall–Kier alpha value is -1.61. The summed E-state index contributed by atoms with van der Waals surface area (Å²) in [6, 6.07) is 10.2. The van der Waals surface area contributed by atoms with E-state index >= 15 is 0 Å². The molecule has 100 valence electrons. The number of hydrogen-bond acceptors (Lipinski definition) is 3. The van der Waals surface area contributed by atoms with Crippen molar-refractivity contribution in [3.63, 3.8) is 0 Å². The molecule has 0 bridgehead atoms. The Labute approximate surface area is 119 Å². The maximum absolute atomic E-state index is 5.84. The van der Waals surface area contributed by atoms with Gasteiger partial charge in [0.2, 0.25) is 5.28 Å². The van der Waals surface area contributed by atoms with Crippen LogP contribution in [0.2, 0.25) is 5.28 Å². The van der Waals surface area contributed by atoms with Crippen molar-refractivity contribution >= 4 is 23.1 Å². The summed E-state index contributed by atoms with van der Waals surface area (Å²) in [4.78, 5) is 8.18. The first kappa shape index (κ1) is 13.8. The summed E-state index contributed by atoms with van der Waals surface area (Å²) in [5.41, 5.74) is 3.29. The summed E-state index contributed by atoms with van der Waals surface area (Å²) in [5, 5.41) is 3.49. The van der Waals surface area contributed by atoms with Crippen molar-refractivity contribution in [3.05, 3.63) is 46.9 Å². The molecule has 0 atom stereocenters. The fourth-order valence-corrected chi connectivity index (χ4v) is 2.02. The van der Waals surface area contributed by atoms with Crippen LogP contribution >= 0.6 is 11.6 Å². The van der Waals surface area contributed by atoms with Crippen molar-refractivity contribution in [2.75, 3.05) is 5.32 Å². The fraction of sp³-hybridized carbons (Fsp3) is 0.333. The van der Waals surface area contributed by atoms with E-state index in [-0.39, 0.29) is 10.7 Å². The lowest BCUT2D eigenvalue weighted by Crippen LogP contribution is -2.10. The van der Waals surface area contributed by atoms with Crippen LogP contribution in [0.3, 0.4) is 0 Å². The highest BCUT2D eigenvalue weighted by atomic mass is 35.5. The highest BCUT2D eigenvalue weighted by Crippen LogP contribution is 2.24. The molecular weight excluding hydrogens is 258 g/mol. The lowest BCUT2D eigenvalue weighted by Gasteiger charge is -2.19. The average molecular weight is 276 g/mol. The first-order valence-corrected chi connectivity index (χ1v) is 6.61. The highest BCUT2D eigenvalue weighted by molar-refractivity contribution is 6.28. The Kier molecular flexibility index (Phi) is 3.76. The number of aryl methyl sites for hydroxylation is 1. The molecule has 1 N–H and O–H groups in total. The summed E-state index contributed by atoms with van der Waals surface area (Å²) in [6.45, 7) is 8.48. The molecule has 0 saturated heterocycles. The molecule has 0 radical (unpaired) electrons. The van der Waals surface area contributed by atoms with E-state index in [1.807, 2.05) is 25.1 Å². The first-order chi connectivity index (χ1) is 8.84. The lowest BCUT2D eigenvalue weighted by molar-refractivity contribution is 0.590. The molecule has 0 spiro atoms. The number of rotatable bonds is 2. The number of nitrogens with one attached hydrogen (secondary N) is 1. The molecule has 19 heavy (non-hydrogen) atoms. The quantitative estimate of drug-likeness (QED) is 0.821. The van der Waals surface area contributed by atoms with Crippen LogP contribution in [0, 0.1) is 6.92 Å². The third kappa shape index (κ3) is 3.67. The van der Waals surface area contributed by atoms with Gasteiger partial charge in [0.15, 0.2) is 0 Å². The van der Waals surface area contributed by atoms with E-state index in [2.05, 4.69) is 48.2 Å².